The highest BCUT2D eigenvalue weighted by molar-refractivity contribution is 6.23. The third-order valence-electron chi connectivity index (χ3n) is 14.4. The first-order chi connectivity index (χ1) is 35.2. The van der Waals surface area contributed by atoms with Crippen molar-refractivity contribution < 1.29 is 4.42 Å². The molecule has 2 aromatic heterocycles. The molecule has 0 aliphatic rings. The van der Waals surface area contributed by atoms with Crippen LogP contribution in [0.5, 0.6) is 0 Å². The van der Waals surface area contributed by atoms with E-state index in [1.807, 2.05) is 6.07 Å². The number of hydrogen-bond donors (Lipinski definition) is 0. The Morgan fingerprint density at radius 3 is 1.42 bits per heavy atom. The highest BCUT2D eigenvalue weighted by Crippen LogP contribution is 2.46. The van der Waals surface area contributed by atoms with Gasteiger partial charge in [0.1, 0.15) is 5.58 Å². The van der Waals surface area contributed by atoms with E-state index < -0.39 is 0 Å². The zero-order valence-electron chi connectivity index (χ0n) is 38.7. The molecule has 12 aromatic carbocycles. The molecule has 0 N–H and O–H groups in total. The van der Waals surface area contributed by atoms with Gasteiger partial charge in [-0.1, -0.05) is 212 Å². The number of hydrogen-bond acceptors (Lipinski definition) is 2. The summed E-state index contributed by atoms with van der Waals surface area (Å²) in [5.41, 5.74) is 17.9. The number of furan rings is 1. The predicted molar refractivity (Wildman–Crippen MR) is 299 cm³/mol. The zero-order valence-corrected chi connectivity index (χ0v) is 38.7. The van der Waals surface area contributed by atoms with Crippen molar-refractivity contribution in [2.45, 2.75) is 0 Å². The van der Waals surface area contributed by atoms with Crippen LogP contribution < -0.4 is 4.90 Å². The van der Waals surface area contributed by atoms with Crippen molar-refractivity contribution in [2.24, 2.45) is 0 Å². The summed E-state index contributed by atoms with van der Waals surface area (Å²) in [7, 11) is 0. The highest BCUT2D eigenvalue weighted by Gasteiger charge is 2.22. The van der Waals surface area contributed by atoms with Gasteiger partial charge in [-0.25, -0.2) is 0 Å². The van der Waals surface area contributed by atoms with Crippen LogP contribution >= 0.6 is 0 Å². The summed E-state index contributed by atoms with van der Waals surface area (Å²) >= 11 is 0. The van der Waals surface area contributed by atoms with Gasteiger partial charge in [-0.3, -0.25) is 0 Å². The molecule has 0 aliphatic heterocycles. The maximum absolute atomic E-state index is 6.79. The summed E-state index contributed by atoms with van der Waals surface area (Å²) in [4.78, 5) is 2.34. The lowest BCUT2D eigenvalue weighted by Gasteiger charge is -2.26. The second-order valence-corrected chi connectivity index (χ2v) is 18.5. The van der Waals surface area contributed by atoms with Gasteiger partial charge in [0.05, 0.1) is 22.4 Å². The summed E-state index contributed by atoms with van der Waals surface area (Å²) in [6.45, 7) is 0. The monoisotopic (exact) mass is 904 g/mol. The molecular weight excluding hydrogens is 861 g/mol. The molecule has 0 unspecified atom stereocenters. The minimum Gasteiger partial charge on any atom is -0.454 e. The first kappa shape index (κ1) is 40.6. The van der Waals surface area contributed by atoms with Crippen LogP contribution in [0.25, 0.3) is 115 Å². The second-order valence-electron chi connectivity index (χ2n) is 18.5. The van der Waals surface area contributed by atoms with E-state index in [4.69, 9.17) is 4.42 Å². The number of para-hydroxylation sites is 2. The molecule has 0 aliphatic carbocycles. The molecule has 3 heteroatoms. The van der Waals surface area contributed by atoms with Crippen LogP contribution in [0.1, 0.15) is 0 Å². The van der Waals surface area contributed by atoms with Gasteiger partial charge in [-0.05, 0) is 115 Å². The van der Waals surface area contributed by atoms with Crippen LogP contribution in [0, 0.1) is 0 Å². The summed E-state index contributed by atoms with van der Waals surface area (Å²) in [6.07, 6.45) is 0. The zero-order chi connectivity index (χ0) is 46.8. The van der Waals surface area contributed by atoms with E-state index in [9.17, 15) is 0 Å². The van der Waals surface area contributed by atoms with Gasteiger partial charge in [0.2, 0.25) is 0 Å². The van der Waals surface area contributed by atoms with Crippen molar-refractivity contribution in [1.82, 2.24) is 4.57 Å². The standard InChI is InChI=1S/C68H44N2O/c1-2-13-45(14-3-1)49-33-38-55(39-34-49)69(65-44-54-16-5-7-19-58(54)67-61-21-9-11-24-66(61)71-68(65)67)56-40-35-50(36-41-56)48-27-25-46(26-28-48)47-29-31-51(32-30-47)53-37-42-60-59-20-8-10-22-63(59)70(64(60)43-53)62-23-12-17-52-15-4-6-18-57(52)62/h1-44H. The molecule has 0 bridgehead atoms. The fourth-order valence-corrected chi connectivity index (χ4v) is 10.9. The van der Waals surface area contributed by atoms with Gasteiger partial charge in [0, 0.05) is 38.3 Å². The predicted octanol–water partition coefficient (Wildman–Crippen LogP) is 19.1. The van der Waals surface area contributed by atoms with Crippen molar-refractivity contribution in [1.29, 1.82) is 0 Å². The van der Waals surface area contributed by atoms with Gasteiger partial charge in [0.15, 0.2) is 5.58 Å². The Kier molecular flexibility index (Phi) is 9.53. The topological polar surface area (TPSA) is 21.3 Å². The molecule has 0 spiro atoms. The number of fused-ring (bicyclic) bond motifs is 9. The van der Waals surface area contributed by atoms with Crippen molar-refractivity contribution >= 4 is 82.4 Å². The van der Waals surface area contributed by atoms with Gasteiger partial charge in [0.25, 0.3) is 0 Å². The van der Waals surface area contributed by atoms with Crippen LogP contribution in [0.15, 0.2) is 271 Å². The molecule has 14 rings (SSSR count). The molecule has 0 atom stereocenters. The molecule has 0 saturated heterocycles. The molecule has 0 amide bonds. The van der Waals surface area contributed by atoms with Gasteiger partial charge >= 0.3 is 0 Å². The SMILES string of the molecule is c1ccc(-c2ccc(N(c3ccc(-c4ccc(-c5ccc(-c6ccc7c8ccccc8n(-c8cccc9ccccc89)c7c6)cc5)cc4)cc3)c3cc4ccccc4c4c3oc3ccccc34)cc2)cc1. The van der Waals surface area contributed by atoms with Gasteiger partial charge in [-0.15, -0.1) is 0 Å². The highest BCUT2D eigenvalue weighted by atomic mass is 16.3. The molecule has 14 aromatic rings. The molecule has 332 valence electrons. The Labute approximate surface area is 411 Å². The molecule has 71 heavy (non-hydrogen) atoms. The minimum absolute atomic E-state index is 0.867. The quantitative estimate of drug-likeness (QED) is 0.151. The molecular formula is C68H44N2O. The van der Waals surface area contributed by atoms with E-state index >= 15 is 0 Å². The lowest BCUT2D eigenvalue weighted by Crippen LogP contribution is -2.10. The maximum atomic E-state index is 6.79. The average molecular weight is 905 g/mol. The van der Waals surface area contributed by atoms with E-state index in [2.05, 4.69) is 270 Å². The Hall–Kier alpha value is -9.44. The smallest absolute Gasteiger partial charge is 0.160 e. The average Bonchev–Trinajstić information content (AvgIpc) is 4.00. The van der Waals surface area contributed by atoms with Crippen molar-refractivity contribution in [3.05, 3.63) is 267 Å². The molecule has 0 fully saturated rings. The lowest BCUT2D eigenvalue weighted by molar-refractivity contribution is 0.669. The van der Waals surface area contributed by atoms with Gasteiger partial charge < -0.3 is 13.9 Å². The summed E-state index contributed by atoms with van der Waals surface area (Å²) < 4.78 is 9.23. The van der Waals surface area contributed by atoms with E-state index in [0.29, 0.717) is 0 Å². The van der Waals surface area contributed by atoms with Crippen LogP contribution in [0.2, 0.25) is 0 Å². The maximum Gasteiger partial charge on any atom is 0.160 e. The third kappa shape index (κ3) is 6.89. The fraction of sp³-hybridized carbons (Fsp3) is 0. The van der Waals surface area contributed by atoms with Crippen molar-refractivity contribution in [3.8, 4) is 50.2 Å². The fourth-order valence-electron chi connectivity index (χ4n) is 10.9. The number of benzene rings is 12. The van der Waals surface area contributed by atoms with E-state index in [1.165, 1.54) is 77.0 Å². The van der Waals surface area contributed by atoms with E-state index in [0.717, 1.165) is 55.5 Å². The minimum atomic E-state index is 0.867. The number of nitrogens with zero attached hydrogens (tertiary/aromatic N) is 2. The Bertz CT molecular complexity index is 4290. The molecule has 2 heterocycles. The summed E-state index contributed by atoms with van der Waals surface area (Å²) in [5, 5.41) is 9.58. The Morgan fingerprint density at radius 2 is 0.761 bits per heavy atom. The Balaban J connectivity index is 0.788. The number of aromatic nitrogens is 1. The molecule has 0 radical (unpaired) electrons. The van der Waals surface area contributed by atoms with E-state index in [-0.39, 0.29) is 0 Å². The summed E-state index contributed by atoms with van der Waals surface area (Å²) in [5.74, 6) is 0. The van der Waals surface area contributed by atoms with Gasteiger partial charge in [-0.2, -0.15) is 0 Å². The van der Waals surface area contributed by atoms with Crippen molar-refractivity contribution in [2.75, 3.05) is 4.90 Å². The lowest BCUT2D eigenvalue weighted by atomic mass is 9.97. The molecule has 3 nitrogen and oxygen atoms in total. The Morgan fingerprint density at radius 1 is 0.296 bits per heavy atom. The normalized spacial score (nSPS) is 11.7. The molecule has 0 saturated carbocycles. The second kappa shape index (κ2) is 16.7. The number of rotatable bonds is 8. The first-order valence-electron chi connectivity index (χ1n) is 24.3. The van der Waals surface area contributed by atoms with Crippen LogP contribution in [-0.4, -0.2) is 4.57 Å². The number of anilines is 3. The largest absolute Gasteiger partial charge is 0.454 e. The first-order valence-corrected chi connectivity index (χ1v) is 24.3. The van der Waals surface area contributed by atoms with E-state index in [1.54, 1.807) is 0 Å². The van der Waals surface area contributed by atoms with Crippen LogP contribution in [-0.2, 0) is 0 Å². The van der Waals surface area contributed by atoms with Crippen molar-refractivity contribution in [3.63, 3.8) is 0 Å². The van der Waals surface area contributed by atoms with Crippen LogP contribution in [0.3, 0.4) is 0 Å². The third-order valence-corrected chi connectivity index (χ3v) is 14.4. The van der Waals surface area contributed by atoms with Crippen LogP contribution in [0.4, 0.5) is 17.1 Å². The summed E-state index contributed by atoms with van der Waals surface area (Å²) in [6, 6.07) is 96.5.